The smallest absolute Gasteiger partial charge is 0.258 e. The average molecular weight is 269 g/mol. The fraction of sp³-hybridized carbons (Fsp3) is 0.200. The van der Waals surface area contributed by atoms with Crippen molar-refractivity contribution in [3.05, 3.63) is 70.7 Å². The summed E-state index contributed by atoms with van der Waals surface area (Å²) in [6.07, 6.45) is 3.36. The van der Waals surface area contributed by atoms with Crippen LogP contribution in [0.25, 0.3) is 5.65 Å². The zero-order valence-corrected chi connectivity index (χ0v) is 11.1. The second-order valence-corrected chi connectivity index (χ2v) is 4.63. The Labute approximate surface area is 115 Å². The molecule has 1 N–H and O–H groups in total. The number of nitrogens with one attached hydrogen (secondary N) is 1. The van der Waals surface area contributed by atoms with E-state index in [-0.39, 0.29) is 11.6 Å². The van der Waals surface area contributed by atoms with E-state index in [4.69, 9.17) is 4.42 Å². The number of furan rings is 1. The summed E-state index contributed by atoms with van der Waals surface area (Å²) in [6, 6.07) is 10.9. The molecule has 5 heteroatoms. The SMILES string of the molecule is CC(NCc1cc(=O)n2ccccc2n1)c1ccco1. The minimum atomic E-state index is -0.0712. The normalized spacial score (nSPS) is 12.7. The van der Waals surface area contributed by atoms with Crippen molar-refractivity contribution < 1.29 is 4.42 Å². The molecule has 1 atom stereocenters. The number of aromatic nitrogens is 2. The van der Waals surface area contributed by atoms with Gasteiger partial charge in [0.25, 0.3) is 5.56 Å². The minimum Gasteiger partial charge on any atom is -0.468 e. The van der Waals surface area contributed by atoms with Crippen LogP contribution in [0.5, 0.6) is 0 Å². The van der Waals surface area contributed by atoms with E-state index in [2.05, 4.69) is 10.3 Å². The van der Waals surface area contributed by atoms with E-state index >= 15 is 0 Å². The van der Waals surface area contributed by atoms with Crippen LogP contribution in [0.3, 0.4) is 0 Å². The Morgan fingerprint density at radius 2 is 2.25 bits per heavy atom. The standard InChI is InChI=1S/C15H15N3O2/c1-11(13-5-4-8-20-13)16-10-12-9-15(19)18-7-3-2-6-14(18)17-12/h2-9,11,16H,10H2,1H3. The summed E-state index contributed by atoms with van der Waals surface area (Å²) in [5.74, 6) is 0.863. The third-order valence-electron chi connectivity index (χ3n) is 3.18. The molecule has 3 rings (SSSR count). The molecule has 0 radical (unpaired) electrons. The van der Waals surface area contributed by atoms with Crippen molar-refractivity contribution in [1.82, 2.24) is 14.7 Å². The molecule has 0 aliphatic rings. The van der Waals surface area contributed by atoms with Crippen LogP contribution in [0, 0.1) is 0 Å². The highest BCUT2D eigenvalue weighted by Crippen LogP contribution is 2.12. The molecule has 20 heavy (non-hydrogen) atoms. The van der Waals surface area contributed by atoms with Gasteiger partial charge in [0, 0.05) is 18.8 Å². The zero-order valence-electron chi connectivity index (χ0n) is 11.1. The monoisotopic (exact) mass is 269 g/mol. The minimum absolute atomic E-state index is 0.0704. The summed E-state index contributed by atoms with van der Waals surface area (Å²) in [5, 5.41) is 3.29. The molecule has 0 amide bonds. The zero-order chi connectivity index (χ0) is 13.9. The van der Waals surface area contributed by atoms with Crippen LogP contribution in [-0.4, -0.2) is 9.38 Å². The van der Waals surface area contributed by atoms with Gasteiger partial charge in [-0.3, -0.25) is 9.20 Å². The summed E-state index contributed by atoms with van der Waals surface area (Å²) >= 11 is 0. The average Bonchev–Trinajstić information content (AvgIpc) is 2.99. The van der Waals surface area contributed by atoms with Crippen LogP contribution in [0.15, 0.2) is 58.1 Å². The molecular formula is C15H15N3O2. The molecule has 0 spiro atoms. The Hall–Kier alpha value is -2.40. The lowest BCUT2D eigenvalue weighted by molar-refractivity contribution is 0.428. The molecule has 0 saturated carbocycles. The van der Waals surface area contributed by atoms with E-state index in [1.165, 1.54) is 4.40 Å². The molecular weight excluding hydrogens is 254 g/mol. The second-order valence-electron chi connectivity index (χ2n) is 4.63. The topological polar surface area (TPSA) is 59.5 Å². The maximum absolute atomic E-state index is 11.9. The van der Waals surface area contributed by atoms with Gasteiger partial charge < -0.3 is 9.73 Å². The van der Waals surface area contributed by atoms with E-state index in [1.807, 2.05) is 37.3 Å². The van der Waals surface area contributed by atoms with Gasteiger partial charge in [-0.25, -0.2) is 4.98 Å². The van der Waals surface area contributed by atoms with Gasteiger partial charge in [0.15, 0.2) is 0 Å². The number of rotatable bonds is 4. The fourth-order valence-corrected chi connectivity index (χ4v) is 2.09. The Balaban J connectivity index is 1.80. The maximum Gasteiger partial charge on any atom is 0.258 e. The first-order chi connectivity index (χ1) is 9.74. The highest BCUT2D eigenvalue weighted by Gasteiger charge is 2.08. The quantitative estimate of drug-likeness (QED) is 0.788. The summed E-state index contributed by atoms with van der Waals surface area (Å²) in [4.78, 5) is 16.4. The lowest BCUT2D eigenvalue weighted by Crippen LogP contribution is -2.21. The van der Waals surface area contributed by atoms with Gasteiger partial charge in [-0.05, 0) is 31.2 Å². The van der Waals surface area contributed by atoms with E-state index in [1.54, 1.807) is 18.5 Å². The van der Waals surface area contributed by atoms with Crippen LogP contribution >= 0.6 is 0 Å². The lowest BCUT2D eigenvalue weighted by atomic mass is 10.2. The summed E-state index contributed by atoms with van der Waals surface area (Å²) in [7, 11) is 0. The third kappa shape index (κ3) is 2.48. The molecule has 0 bridgehead atoms. The van der Waals surface area contributed by atoms with Crippen molar-refractivity contribution >= 4 is 5.65 Å². The van der Waals surface area contributed by atoms with Gasteiger partial charge in [-0.2, -0.15) is 0 Å². The second kappa shape index (κ2) is 5.30. The molecule has 1 unspecified atom stereocenters. The van der Waals surface area contributed by atoms with Gasteiger partial charge in [0.05, 0.1) is 18.0 Å². The van der Waals surface area contributed by atoms with Gasteiger partial charge >= 0.3 is 0 Å². The molecule has 0 saturated heterocycles. The Bertz CT molecular complexity index is 762. The molecule has 0 fully saturated rings. The van der Waals surface area contributed by atoms with Gasteiger partial charge in [0.2, 0.25) is 0 Å². The molecule has 5 nitrogen and oxygen atoms in total. The first-order valence-corrected chi connectivity index (χ1v) is 6.48. The van der Waals surface area contributed by atoms with Crippen LogP contribution in [0.2, 0.25) is 0 Å². The summed E-state index contributed by atoms with van der Waals surface area (Å²) in [5.41, 5.74) is 1.31. The van der Waals surface area contributed by atoms with Gasteiger partial charge in [-0.15, -0.1) is 0 Å². The first-order valence-electron chi connectivity index (χ1n) is 6.48. The van der Waals surface area contributed by atoms with Crippen LogP contribution in [0.4, 0.5) is 0 Å². The molecule has 0 aliphatic carbocycles. The number of fused-ring (bicyclic) bond motifs is 1. The van der Waals surface area contributed by atoms with Crippen molar-refractivity contribution in [3.63, 3.8) is 0 Å². The molecule has 3 aromatic heterocycles. The summed E-state index contributed by atoms with van der Waals surface area (Å²) in [6.45, 7) is 2.52. The predicted octanol–water partition coefficient (Wildman–Crippen LogP) is 2.14. The van der Waals surface area contributed by atoms with E-state index in [0.29, 0.717) is 12.2 Å². The summed E-state index contributed by atoms with van der Waals surface area (Å²) < 4.78 is 6.86. The number of hydrogen-bond acceptors (Lipinski definition) is 4. The van der Waals surface area contributed by atoms with Crippen molar-refractivity contribution in [1.29, 1.82) is 0 Å². The Kier molecular flexibility index (Phi) is 3.35. The van der Waals surface area contributed by atoms with E-state index < -0.39 is 0 Å². The Morgan fingerprint density at radius 3 is 3.05 bits per heavy atom. The van der Waals surface area contributed by atoms with Crippen LogP contribution in [0.1, 0.15) is 24.4 Å². The van der Waals surface area contributed by atoms with E-state index in [9.17, 15) is 4.79 Å². The van der Waals surface area contributed by atoms with Crippen molar-refractivity contribution in [2.24, 2.45) is 0 Å². The highest BCUT2D eigenvalue weighted by atomic mass is 16.3. The molecule has 0 aromatic carbocycles. The molecule has 0 aliphatic heterocycles. The first kappa shape index (κ1) is 12.6. The van der Waals surface area contributed by atoms with Crippen LogP contribution < -0.4 is 10.9 Å². The number of pyridine rings is 1. The Morgan fingerprint density at radius 1 is 1.35 bits per heavy atom. The van der Waals surface area contributed by atoms with Gasteiger partial charge in [-0.1, -0.05) is 6.07 Å². The highest BCUT2D eigenvalue weighted by molar-refractivity contribution is 5.37. The fourth-order valence-electron chi connectivity index (χ4n) is 2.09. The van der Waals surface area contributed by atoms with Crippen molar-refractivity contribution in [2.45, 2.75) is 19.5 Å². The lowest BCUT2D eigenvalue weighted by Gasteiger charge is -2.11. The predicted molar refractivity (Wildman–Crippen MR) is 75.4 cm³/mol. The number of hydrogen-bond donors (Lipinski definition) is 1. The van der Waals surface area contributed by atoms with Crippen molar-refractivity contribution in [2.75, 3.05) is 0 Å². The van der Waals surface area contributed by atoms with Crippen LogP contribution in [-0.2, 0) is 6.54 Å². The van der Waals surface area contributed by atoms with Crippen molar-refractivity contribution in [3.8, 4) is 0 Å². The van der Waals surface area contributed by atoms with E-state index in [0.717, 1.165) is 11.5 Å². The molecule has 102 valence electrons. The maximum atomic E-state index is 11.9. The van der Waals surface area contributed by atoms with Gasteiger partial charge in [0.1, 0.15) is 11.4 Å². The molecule has 3 heterocycles. The number of nitrogens with zero attached hydrogens (tertiary/aromatic N) is 2. The third-order valence-corrected chi connectivity index (χ3v) is 3.18. The molecule has 3 aromatic rings. The largest absolute Gasteiger partial charge is 0.468 e.